The summed E-state index contributed by atoms with van der Waals surface area (Å²) in [5.74, 6) is 0. The molecule has 0 radical (unpaired) electrons. The van der Waals surface area contributed by atoms with Gasteiger partial charge < -0.3 is 0 Å². The third-order valence-electron chi connectivity index (χ3n) is 1.62. The second-order valence-electron chi connectivity index (χ2n) is 2.48. The quantitative estimate of drug-likeness (QED) is 0.483. The molecule has 1 fully saturated rings. The van der Waals surface area contributed by atoms with Crippen LogP contribution in [-0.4, -0.2) is 5.00 Å². The molecule has 0 aromatic heterocycles. The summed E-state index contributed by atoms with van der Waals surface area (Å²) >= 11 is 3.85. The monoisotopic (exact) mass is 134 g/mol. The van der Waals surface area contributed by atoms with Crippen molar-refractivity contribution in [3.63, 3.8) is 0 Å². The molecule has 0 atom stereocenters. The Balaban J connectivity index is 2.33. The minimum absolute atomic E-state index is 0.649. The van der Waals surface area contributed by atoms with Crippen molar-refractivity contribution in [2.24, 2.45) is 0 Å². The Morgan fingerprint density at radius 2 is 1.62 bits per heavy atom. The summed E-state index contributed by atoms with van der Waals surface area (Å²) in [7, 11) is 0. The number of hydrogen-bond acceptors (Lipinski definition) is 1. The molecule has 0 saturated heterocycles. The highest BCUT2D eigenvalue weighted by Gasteiger charge is 2.26. The van der Waals surface area contributed by atoms with Gasteiger partial charge in [-0.25, -0.2) is 4.39 Å². The molecule has 0 unspecified atom stereocenters. The molecule has 8 heavy (non-hydrogen) atoms. The average molecular weight is 134 g/mol. The van der Waals surface area contributed by atoms with Gasteiger partial charge in [-0.05, 0) is 25.7 Å². The molecule has 2 heteroatoms. The van der Waals surface area contributed by atoms with Crippen LogP contribution in [0.25, 0.3) is 0 Å². The highest BCUT2D eigenvalue weighted by atomic mass is 32.1. The Hall–Kier alpha value is 0.280. The van der Waals surface area contributed by atoms with E-state index < -0.39 is 5.00 Å². The van der Waals surface area contributed by atoms with E-state index >= 15 is 0 Å². The standard InChI is InChI=1S/C6H11FS/c7-6(8)4-2-1-3-5-6/h8H,1-5H2. The zero-order chi connectivity index (χ0) is 6.04. The van der Waals surface area contributed by atoms with Crippen LogP contribution >= 0.6 is 12.6 Å². The van der Waals surface area contributed by atoms with Crippen molar-refractivity contribution in [2.45, 2.75) is 37.1 Å². The molecular weight excluding hydrogens is 123 g/mol. The van der Waals surface area contributed by atoms with Gasteiger partial charge in [0.05, 0.1) is 0 Å². The van der Waals surface area contributed by atoms with E-state index in [4.69, 9.17) is 0 Å². The molecule has 0 aliphatic heterocycles. The smallest absolute Gasteiger partial charge is 0.153 e. The molecular formula is C6H11FS. The average Bonchev–Trinajstić information content (AvgIpc) is 1.65. The Bertz CT molecular complexity index is 72.6. The predicted octanol–water partition coefficient (Wildman–Crippen LogP) is 2.55. The summed E-state index contributed by atoms with van der Waals surface area (Å²) in [6.45, 7) is 0. The normalized spacial score (nSPS) is 27.8. The highest BCUT2D eigenvalue weighted by Crippen LogP contribution is 2.34. The predicted molar refractivity (Wildman–Crippen MR) is 35.9 cm³/mol. The maximum absolute atomic E-state index is 12.7. The van der Waals surface area contributed by atoms with Gasteiger partial charge in [0, 0.05) is 0 Å². The van der Waals surface area contributed by atoms with Crippen LogP contribution in [0.3, 0.4) is 0 Å². The minimum Gasteiger partial charge on any atom is -0.232 e. The SMILES string of the molecule is FC1(S)CCCCC1. The van der Waals surface area contributed by atoms with Crippen LogP contribution in [-0.2, 0) is 0 Å². The van der Waals surface area contributed by atoms with Crippen LogP contribution < -0.4 is 0 Å². The number of hydrogen-bond donors (Lipinski definition) is 1. The van der Waals surface area contributed by atoms with Crippen LogP contribution in [0, 0.1) is 0 Å². The Labute approximate surface area is 54.9 Å². The number of alkyl halides is 1. The van der Waals surface area contributed by atoms with Crippen LogP contribution in [0.15, 0.2) is 0 Å². The van der Waals surface area contributed by atoms with E-state index in [1.165, 1.54) is 6.42 Å². The third-order valence-corrected chi connectivity index (χ3v) is 2.07. The lowest BCUT2D eigenvalue weighted by Crippen LogP contribution is -2.17. The zero-order valence-corrected chi connectivity index (χ0v) is 5.76. The molecule has 0 aromatic carbocycles. The molecule has 0 spiro atoms. The van der Waals surface area contributed by atoms with E-state index in [-0.39, 0.29) is 0 Å². The largest absolute Gasteiger partial charge is 0.232 e. The van der Waals surface area contributed by atoms with Crippen LogP contribution in [0.4, 0.5) is 4.39 Å². The van der Waals surface area contributed by atoms with Gasteiger partial charge in [-0.1, -0.05) is 6.42 Å². The van der Waals surface area contributed by atoms with Crippen molar-refractivity contribution in [3.05, 3.63) is 0 Å². The fourth-order valence-corrected chi connectivity index (χ4v) is 1.41. The second kappa shape index (κ2) is 2.26. The number of thiol groups is 1. The van der Waals surface area contributed by atoms with Crippen molar-refractivity contribution in [3.8, 4) is 0 Å². The summed E-state index contributed by atoms with van der Waals surface area (Å²) in [6, 6.07) is 0. The van der Waals surface area contributed by atoms with Gasteiger partial charge >= 0.3 is 0 Å². The first-order valence-corrected chi connectivity index (χ1v) is 3.57. The van der Waals surface area contributed by atoms with E-state index in [2.05, 4.69) is 12.6 Å². The fourth-order valence-electron chi connectivity index (χ4n) is 1.09. The fraction of sp³-hybridized carbons (Fsp3) is 1.00. The maximum Gasteiger partial charge on any atom is 0.153 e. The second-order valence-corrected chi connectivity index (χ2v) is 3.28. The molecule has 1 rings (SSSR count). The molecule has 0 aromatic rings. The first-order valence-electron chi connectivity index (χ1n) is 3.12. The first kappa shape index (κ1) is 6.40. The minimum atomic E-state index is -1.13. The van der Waals surface area contributed by atoms with Gasteiger partial charge in [-0.2, -0.15) is 0 Å². The third kappa shape index (κ3) is 1.66. The number of rotatable bonds is 0. The van der Waals surface area contributed by atoms with Crippen molar-refractivity contribution >= 4 is 12.6 Å². The molecule has 1 aliphatic carbocycles. The van der Waals surface area contributed by atoms with Crippen molar-refractivity contribution in [1.29, 1.82) is 0 Å². The summed E-state index contributed by atoms with van der Waals surface area (Å²) in [5.41, 5.74) is 0. The lowest BCUT2D eigenvalue weighted by Gasteiger charge is -2.23. The molecule has 1 aliphatic rings. The lowest BCUT2D eigenvalue weighted by atomic mass is 9.98. The zero-order valence-electron chi connectivity index (χ0n) is 4.86. The summed E-state index contributed by atoms with van der Waals surface area (Å²) < 4.78 is 12.7. The van der Waals surface area contributed by atoms with Gasteiger partial charge in [0.2, 0.25) is 0 Å². The van der Waals surface area contributed by atoms with E-state index in [1.54, 1.807) is 0 Å². The van der Waals surface area contributed by atoms with E-state index in [9.17, 15) is 4.39 Å². The Morgan fingerprint density at radius 3 is 1.88 bits per heavy atom. The lowest BCUT2D eigenvalue weighted by molar-refractivity contribution is 0.215. The molecule has 0 N–H and O–H groups in total. The van der Waals surface area contributed by atoms with Gasteiger partial charge in [-0.15, -0.1) is 12.6 Å². The van der Waals surface area contributed by atoms with E-state index in [0.717, 1.165) is 12.8 Å². The molecule has 0 amide bonds. The molecule has 0 bridgehead atoms. The van der Waals surface area contributed by atoms with Crippen LogP contribution in [0.2, 0.25) is 0 Å². The van der Waals surface area contributed by atoms with Crippen molar-refractivity contribution in [1.82, 2.24) is 0 Å². The topological polar surface area (TPSA) is 0 Å². The van der Waals surface area contributed by atoms with Crippen LogP contribution in [0.1, 0.15) is 32.1 Å². The summed E-state index contributed by atoms with van der Waals surface area (Å²) in [5, 5.41) is -1.13. The maximum atomic E-state index is 12.7. The van der Waals surface area contributed by atoms with Gasteiger partial charge in [-0.3, -0.25) is 0 Å². The molecule has 0 nitrogen and oxygen atoms in total. The van der Waals surface area contributed by atoms with Crippen molar-refractivity contribution in [2.75, 3.05) is 0 Å². The number of halogens is 1. The van der Waals surface area contributed by atoms with Gasteiger partial charge in [0.1, 0.15) is 0 Å². The van der Waals surface area contributed by atoms with E-state index in [0.29, 0.717) is 12.8 Å². The molecule has 0 heterocycles. The van der Waals surface area contributed by atoms with Gasteiger partial charge in [0.25, 0.3) is 0 Å². The van der Waals surface area contributed by atoms with Crippen molar-refractivity contribution < 1.29 is 4.39 Å². The molecule has 48 valence electrons. The van der Waals surface area contributed by atoms with Gasteiger partial charge in [0.15, 0.2) is 5.00 Å². The van der Waals surface area contributed by atoms with E-state index in [1.807, 2.05) is 0 Å². The first-order chi connectivity index (χ1) is 3.71. The molecule has 1 saturated carbocycles. The van der Waals surface area contributed by atoms with Crippen LogP contribution in [0.5, 0.6) is 0 Å². The Morgan fingerprint density at radius 1 is 1.12 bits per heavy atom. The summed E-state index contributed by atoms with van der Waals surface area (Å²) in [6.07, 6.45) is 4.51. The summed E-state index contributed by atoms with van der Waals surface area (Å²) in [4.78, 5) is 0. The highest BCUT2D eigenvalue weighted by molar-refractivity contribution is 7.81. The Kier molecular flexibility index (Phi) is 1.81.